The average Bonchev–Trinajstić information content (AvgIpc) is 2.87. The monoisotopic (exact) mass is 484 g/mol. The molecule has 0 aliphatic heterocycles. The van der Waals surface area contributed by atoms with Crippen LogP contribution >= 0.6 is 11.6 Å². The van der Waals surface area contributed by atoms with E-state index in [9.17, 15) is 15.4 Å². The molecule has 174 valence electrons. The largest absolute Gasteiger partial charge is 0.490 e. The highest BCUT2D eigenvalue weighted by Crippen LogP contribution is 2.38. The van der Waals surface area contributed by atoms with Gasteiger partial charge in [0.15, 0.2) is 11.5 Å². The number of nitriles is 1. The molecule has 0 radical (unpaired) electrons. The average molecular weight is 485 g/mol. The van der Waals surface area contributed by atoms with Crippen LogP contribution in [-0.2, 0) is 6.61 Å². The molecular weight excluding hydrogens is 464 g/mol. The van der Waals surface area contributed by atoms with Gasteiger partial charge in [-0.05, 0) is 58.7 Å². The number of non-ortho nitro benzene ring substituents is 1. The van der Waals surface area contributed by atoms with E-state index in [-0.39, 0.29) is 11.3 Å². The smallest absolute Gasteiger partial charge is 0.270 e. The van der Waals surface area contributed by atoms with Gasteiger partial charge in [0, 0.05) is 12.1 Å². The number of benzene rings is 4. The maximum absolute atomic E-state index is 11.1. The van der Waals surface area contributed by atoms with Gasteiger partial charge in [0.2, 0.25) is 0 Å². The predicted molar refractivity (Wildman–Crippen MR) is 137 cm³/mol. The van der Waals surface area contributed by atoms with Crippen molar-refractivity contribution in [2.75, 3.05) is 6.61 Å². The number of halogens is 1. The minimum Gasteiger partial charge on any atom is -0.490 e. The third kappa shape index (κ3) is 5.60. The van der Waals surface area contributed by atoms with E-state index in [4.69, 9.17) is 21.1 Å². The summed E-state index contributed by atoms with van der Waals surface area (Å²) in [5, 5.41) is 23.4. The number of hydrogen-bond donors (Lipinski definition) is 0. The zero-order valence-corrected chi connectivity index (χ0v) is 19.7. The Kier molecular flexibility index (Phi) is 7.30. The Labute approximate surface area is 207 Å². The zero-order valence-electron chi connectivity index (χ0n) is 18.9. The van der Waals surface area contributed by atoms with E-state index in [0.29, 0.717) is 40.9 Å². The van der Waals surface area contributed by atoms with Crippen LogP contribution in [0, 0.1) is 21.4 Å². The Balaban J connectivity index is 1.63. The van der Waals surface area contributed by atoms with Gasteiger partial charge < -0.3 is 9.47 Å². The van der Waals surface area contributed by atoms with Crippen LogP contribution in [0.4, 0.5) is 5.69 Å². The minimum absolute atomic E-state index is 0.0888. The van der Waals surface area contributed by atoms with Crippen LogP contribution in [0.15, 0.2) is 78.9 Å². The molecule has 0 bridgehead atoms. The van der Waals surface area contributed by atoms with Gasteiger partial charge >= 0.3 is 0 Å². The normalized spacial score (nSPS) is 11.2. The van der Waals surface area contributed by atoms with Crippen molar-refractivity contribution >= 4 is 39.7 Å². The van der Waals surface area contributed by atoms with Crippen LogP contribution in [-0.4, -0.2) is 11.5 Å². The molecule has 6 nitrogen and oxygen atoms in total. The maximum atomic E-state index is 11.1. The fraction of sp³-hybridized carbons (Fsp3) is 0.107. The second-order valence-electron chi connectivity index (χ2n) is 7.71. The van der Waals surface area contributed by atoms with Crippen LogP contribution < -0.4 is 9.47 Å². The van der Waals surface area contributed by atoms with E-state index in [1.807, 2.05) is 37.3 Å². The summed E-state index contributed by atoms with van der Waals surface area (Å²) < 4.78 is 11.8. The number of rotatable bonds is 8. The molecule has 0 heterocycles. The summed E-state index contributed by atoms with van der Waals surface area (Å²) in [5.41, 5.74) is 2.21. The van der Waals surface area contributed by atoms with Crippen molar-refractivity contribution in [1.82, 2.24) is 0 Å². The summed E-state index contributed by atoms with van der Waals surface area (Å²) in [6.07, 6.45) is 1.61. The molecule has 0 atom stereocenters. The standard InChI is InChI=1S/C28H21ClN2O4/c1-2-34-27-15-20(13-24(17-30)23-8-5-9-25(16-23)31(32)33)14-26(29)28(27)35-18-19-10-11-21-6-3-4-7-22(21)12-19/h3-16H,2,18H2,1H3. The Hall–Kier alpha value is -4.34. The number of hydrogen-bond acceptors (Lipinski definition) is 5. The summed E-state index contributed by atoms with van der Waals surface area (Å²) >= 11 is 6.56. The van der Waals surface area contributed by atoms with Gasteiger partial charge in [-0.3, -0.25) is 10.1 Å². The third-order valence-corrected chi connectivity index (χ3v) is 5.61. The van der Waals surface area contributed by atoms with Crippen molar-refractivity contribution in [2.24, 2.45) is 0 Å². The number of nitro groups is 1. The lowest BCUT2D eigenvalue weighted by atomic mass is 10.0. The zero-order chi connectivity index (χ0) is 24.8. The van der Waals surface area contributed by atoms with Crippen molar-refractivity contribution in [2.45, 2.75) is 13.5 Å². The summed E-state index contributed by atoms with van der Waals surface area (Å²) in [7, 11) is 0. The molecule has 0 saturated heterocycles. The number of nitro benzene ring substituents is 1. The highest BCUT2D eigenvalue weighted by atomic mass is 35.5. The lowest BCUT2D eigenvalue weighted by Crippen LogP contribution is -2.01. The number of allylic oxidation sites excluding steroid dienone is 1. The van der Waals surface area contributed by atoms with Gasteiger partial charge in [0.05, 0.1) is 28.2 Å². The third-order valence-electron chi connectivity index (χ3n) is 5.33. The summed E-state index contributed by atoms with van der Waals surface area (Å²) in [6, 6.07) is 25.7. The Bertz CT molecular complexity index is 1470. The van der Waals surface area contributed by atoms with Crippen molar-refractivity contribution in [1.29, 1.82) is 5.26 Å². The van der Waals surface area contributed by atoms with Crippen LogP contribution in [0.5, 0.6) is 11.5 Å². The fourth-order valence-corrected chi connectivity index (χ4v) is 3.97. The first-order valence-electron chi connectivity index (χ1n) is 10.9. The van der Waals surface area contributed by atoms with E-state index >= 15 is 0 Å². The van der Waals surface area contributed by atoms with Gasteiger partial charge in [-0.15, -0.1) is 0 Å². The van der Waals surface area contributed by atoms with Crippen molar-refractivity contribution in [3.63, 3.8) is 0 Å². The first-order chi connectivity index (χ1) is 17.0. The lowest BCUT2D eigenvalue weighted by Gasteiger charge is -2.15. The van der Waals surface area contributed by atoms with Crippen molar-refractivity contribution in [3.05, 3.63) is 111 Å². The molecule has 0 spiro atoms. The van der Waals surface area contributed by atoms with Gasteiger partial charge in [-0.25, -0.2) is 0 Å². The number of nitrogens with zero attached hydrogens (tertiary/aromatic N) is 2. The first kappa shape index (κ1) is 23.8. The molecule has 4 aromatic rings. The molecule has 0 N–H and O–H groups in total. The molecule has 4 aromatic carbocycles. The fourth-order valence-electron chi connectivity index (χ4n) is 3.69. The SMILES string of the molecule is CCOc1cc(C=C(C#N)c2cccc([N+](=O)[O-])c2)cc(Cl)c1OCc1ccc2ccccc2c1. The molecule has 4 rings (SSSR count). The predicted octanol–water partition coefficient (Wildman–Crippen LogP) is 7.44. The molecule has 0 unspecified atom stereocenters. The number of ether oxygens (including phenoxy) is 2. The van der Waals surface area contributed by atoms with Gasteiger partial charge in [-0.2, -0.15) is 5.26 Å². The molecule has 7 heteroatoms. The molecule has 0 aromatic heterocycles. The summed E-state index contributed by atoms with van der Waals surface area (Å²) in [6.45, 7) is 2.55. The van der Waals surface area contributed by atoms with E-state index in [1.165, 1.54) is 12.1 Å². The Morgan fingerprint density at radius 1 is 1.03 bits per heavy atom. The molecule has 35 heavy (non-hydrogen) atoms. The second kappa shape index (κ2) is 10.7. The molecular formula is C28H21ClN2O4. The molecule has 0 aliphatic carbocycles. The Morgan fingerprint density at radius 3 is 2.57 bits per heavy atom. The molecule has 0 fully saturated rings. The van der Waals surface area contributed by atoms with Crippen molar-refractivity contribution in [3.8, 4) is 17.6 Å². The van der Waals surface area contributed by atoms with Crippen molar-refractivity contribution < 1.29 is 14.4 Å². The summed E-state index contributed by atoms with van der Waals surface area (Å²) in [4.78, 5) is 10.6. The molecule has 0 saturated carbocycles. The molecule has 0 amide bonds. The van der Waals surface area contributed by atoms with Crippen LogP contribution in [0.25, 0.3) is 22.4 Å². The topological polar surface area (TPSA) is 85.4 Å². The van der Waals surface area contributed by atoms with E-state index in [1.54, 1.807) is 30.3 Å². The molecule has 0 aliphatic rings. The second-order valence-corrected chi connectivity index (χ2v) is 8.12. The van der Waals surface area contributed by atoms with E-state index < -0.39 is 4.92 Å². The van der Waals surface area contributed by atoms with Crippen LogP contribution in [0.1, 0.15) is 23.6 Å². The van der Waals surface area contributed by atoms with E-state index in [2.05, 4.69) is 18.2 Å². The highest BCUT2D eigenvalue weighted by molar-refractivity contribution is 6.32. The highest BCUT2D eigenvalue weighted by Gasteiger charge is 2.14. The maximum Gasteiger partial charge on any atom is 0.270 e. The van der Waals surface area contributed by atoms with Gasteiger partial charge in [0.25, 0.3) is 5.69 Å². The summed E-state index contributed by atoms with van der Waals surface area (Å²) in [5.74, 6) is 0.857. The van der Waals surface area contributed by atoms with Crippen LogP contribution in [0.3, 0.4) is 0 Å². The lowest BCUT2D eigenvalue weighted by molar-refractivity contribution is -0.384. The minimum atomic E-state index is -0.496. The van der Waals surface area contributed by atoms with Gasteiger partial charge in [-0.1, -0.05) is 60.1 Å². The van der Waals surface area contributed by atoms with Crippen LogP contribution in [0.2, 0.25) is 5.02 Å². The number of fused-ring (bicyclic) bond motifs is 1. The Morgan fingerprint density at radius 2 is 1.83 bits per heavy atom. The van der Waals surface area contributed by atoms with Gasteiger partial charge in [0.1, 0.15) is 6.61 Å². The quantitative estimate of drug-likeness (QED) is 0.112. The van der Waals surface area contributed by atoms with E-state index in [0.717, 1.165) is 16.3 Å². The first-order valence-corrected chi connectivity index (χ1v) is 11.3.